The lowest BCUT2D eigenvalue weighted by Gasteiger charge is -2.12. The zero-order chi connectivity index (χ0) is 15.9. The van der Waals surface area contributed by atoms with Crippen LogP contribution in [-0.4, -0.2) is 29.0 Å². The van der Waals surface area contributed by atoms with Crippen molar-refractivity contribution in [2.75, 3.05) is 17.7 Å². The molecule has 0 saturated heterocycles. The Morgan fingerprint density at radius 2 is 2.05 bits per heavy atom. The van der Waals surface area contributed by atoms with E-state index in [0.29, 0.717) is 23.3 Å². The number of nitrogens with zero attached hydrogens (tertiary/aromatic N) is 2. The molecule has 1 aromatic heterocycles. The Hall–Kier alpha value is -2.63. The lowest BCUT2D eigenvalue weighted by Crippen LogP contribution is -2.17. The number of hydrogen-bond donors (Lipinski definition) is 2. The third-order valence-corrected chi connectivity index (χ3v) is 3.25. The van der Waals surface area contributed by atoms with E-state index in [0.717, 1.165) is 6.42 Å². The molecule has 0 saturated carbocycles. The molecule has 6 nitrogen and oxygen atoms in total. The minimum atomic E-state index is -0.327. The van der Waals surface area contributed by atoms with E-state index in [1.54, 1.807) is 25.4 Å². The van der Waals surface area contributed by atoms with Gasteiger partial charge in [0, 0.05) is 6.04 Å². The van der Waals surface area contributed by atoms with E-state index in [1.807, 2.05) is 12.1 Å². The van der Waals surface area contributed by atoms with Crippen LogP contribution in [-0.2, 0) is 0 Å². The Morgan fingerprint density at radius 3 is 2.68 bits per heavy atom. The molecular formula is C16H20N4O2. The van der Waals surface area contributed by atoms with Gasteiger partial charge in [-0.15, -0.1) is 0 Å². The highest BCUT2D eigenvalue weighted by Gasteiger charge is 2.11. The quantitative estimate of drug-likeness (QED) is 0.857. The summed E-state index contributed by atoms with van der Waals surface area (Å²) in [6, 6.07) is 7.51. The smallest absolute Gasteiger partial charge is 0.275 e. The van der Waals surface area contributed by atoms with E-state index >= 15 is 0 Å². The van der Waals surface area contributed by atoms with Gasteiger partial charge in [0.1, 0.15) is 17.3 Å². The summed E-state index contributed by atoms with van der Waals surface area (Å²) in [5, 5.41) is 5.96. The number of methoxy groups -OCH3 is 1. The molecule has 2 aromatic rings. The number of amides is 1. The molecule has 0 aliphatic heterocycles. The van der Waals surface area contributed by atoms with Gasteiger partial charge in [0.2, 0.25) is 0 Å². The lowest BCUT2D eigenvalue weighted by molar-refractivity contribution is 0.102. The fourth-order valence-electron chi connectivity index (χ4n) is 1.81. The summed E-state index contributed by atoms with van der Waals surface area (Å²) >= 11 is 0. The minimum absolute atomic E-state index is 0.251. The number of hydrogen-bond acceptors (Lipinski definition) is 5. The molecule has 1 heterocycles. The Balaban J connectivity index is 2.06. The van der Waals surface area contributed by atoms with Gasteiger partial charge in [0.05, 0.1) is 25.2 Å². The van der Waals surface area contributed by atoms with Crippen LogP contribution in [0.25, 0.3) is 0 Å². The Bertz CT molecular complexity index is 628. The van der Waals surface area contributed by atoms with E-state index < -0.39 is 0 Å². The lowest BCUT2D eigenvalue weighted by atomic mass is 10.2. The first-order valence-corrected chi connectivity index (χ1v) is 7.17. The molecule has 2 rings (SSSR count). The summed E-state index contributed by atoms with van der Waals surface area (Å²) in [4.78, 5) is 20.5. The second kappa shape index (κ2) is 7.40. The van der Waals surface area contributed by atoms with Crippen molar-refractivity contribution >= 4 is 17.4 Å². The van der Waals surface area contributed by atoms with Crippen LogP contribution >= 0.6 is 0 Å². The van der Waals surface area contributed by atoms with Crippen LogP contribution in [0.2, 0.25) is 0 Å². The highest BCUT2D eigenvalue weighted by atomic mass is 16.5. The van der Waals surface area contributed by atoms with Crippen molar-refractivity contribution in [3.8, 4) is 5.75 Å². The SMILES string of the molecule is CCC(C)Nc1cnc(C(=O)Nc2ccccc2OC)cn1. The number of rotatable bonds is 6. The normalized spacial score (nSPS) is 11.6. The van der Waals surface area contributed by atoms with Gasteiger partial charge in [-0.3, -0.25) is 4.79 Å². The van der Waals surface area contributed by atoms with Crippen LogP contribution in [0.3, 0.4) is 0 Å². The number of anilines is 2. The maximum Gasteiger partial charge on any atom is 0.275 e. The van der Waals surface area contributed by atoms with Gasteiger partial charge >= 0.3 is 0 Å². The summed E-state index contributed by atoms with van der Waals surface area (Å²) in [6.07, 6.45) is 4.00. The van der Waals surface area contributed by atoms with E-state index in [-0.39, 0.29) is 11.6 Å². The molecule has 116 valence electrons. The molecule has 0 fully saturated rings. The molecule has 0 aliphatic carbocycles. The first-order valence-electron chi connectivity index (χ1n) is 7.17. The topological polar surface area (TPSA) is 76.1 Å². The fraction of sp³-hybridized carbons (Fsp3) is 0.312. The molecule has 1 amide bonds. The maximum absolute atomic E-state index is 12.2. The largest absolute Gasteiger partial charge is 0.495 e. The molecule has 0 radical (unpaired) electrons. The zero-order valence-corrected chi connectivity index (χ0v) is 13.0. The maximum atomic E-state index is 12.2. The van der Waals surface area contributed by atoms with Crippen molar-refractivity contribution in [2.24, 2.45) is 0 Å². The molecule has 22 heavy (non-hydrogen) atoms. The summed E-state index contributed by atoms with van der Waals surface area (Å²) in [5.74, 6) is 0.925. The highest BCUT2D eigenvalue weighted by Crippen LogP contribution is 2.23. The molecule has 0 spiro atoms. The molecule has 0 bridgehead atoms. The monoisotopic (exact) mass is 300 g/mol. The second-order valence-corrected chi connectivity index (χ2v) is 4.89. The van der Waals surface area contributed by atoms with Crippen molar-refractivity contribution < 1.29 is 9.53 Å². The number of para-hydroxylation sites is 2. The van der Waals surface area contributed by atoms with Crippen molar-refractivity contribution in [2.45, 2.75) is 26.3 Å². The Morgan fingerprint density at radius 1 is 1.27 bits per heavy atom. The van der Waals surface area contributed by atoms with Crippen LogP contribution in [0.15, 0.2) is 36.7 Å². The third-order valence-electron chi connectivity index (χ3n) is 3.25. The van der Waals surface area contributed by atoms with Crippen molar-refractivity contribution in [1.82, 2.24) is 9.97 Å². The molecule has 1 aromatic carbocycles. The van der Waals surface area contributed by atoms with Gasteiger partial charge in [0.25, 0.3) is 5.91 Å². The first kappa shape index (κ1) is 15.8. The van der Waals surface area contributed by atoms with Gasteiger partial charge in [-0.05, 0) is 25.5 Å². The van der Waals surface area contributed by atoms with Crippen molar-refractivity contribution in [3.05, 3.63) is 42.4 Å². The van der Waals surface area contributed by atoms with Gasteiger partial charge in [0.15, 0.2) is 0 Å². The average molecular weight is 300 g/mol. The third kappa shape index (κ3) is 3.94. The number of aromatic nitrogens is 2. The van der Waals surface area contributed by atoms with Crippen LogP contribution in [0, 0.1) is 0 Å². The minimum Gasteiger partial charge on any atom is -0.495 e. The van der Waals surface area contributed by atoms with Gasteiger partial charge in [-0.25, -0.2) is 9.97 Å². The standard InChI is InChI=1S/C16H20N4O2/c1-4-11(2)19-15-10-17-13(9-18-15)16(21)20-12-7-5-6-8-14(12)22-3/h5-11H,4H2,1-3H3,(H,18,19)(H,20,21). The summed E-state index contributed by atoms with van der Waals surface area (Å²) in [5.41, 5.74) is 0.846. The van der Waals surface area contributed by atoms with E-state index in [9.17, 15) is 4.79 Å². The van der Waals surface area contributed by atoms with Crippen LogP contribution < -0.4 is 15.4 Å². The summed E-state index contributed by atoms with van der Waals surface area (Å²) in [7, 11) is 1.56. The predicted molar refractivity (Wildman–Crippen MR) is 86.4 cm³/mol. The predicted octanol–water partition coefficient (Wildman–Crippen LogP) is 2.95. The Kier molecular flexibility index (Phi) is 5.30. The Labute approximate surface area is 129 Å². The summed E-state index contributed by atoms with van der Waals surface area (Å²) < 4.78 is 5.20. The molecule has 1 atom stereocenters. The first-order chi connectivity index (χ1) is 10.6. The van der Waals surface area contributed by atoms with E-state index in [2.05, 4.69) is 34.4 Å². The van der Waals surface area contributed by atoms with Crippen LogP contribution in [0.4, 0.5) is 11.5 Å². The van der Waals surface area contributed by atoms with E-state index in [4.69, 9.17) is 4.74 Å². The number of ether oxygens (including phenoxy) is 1. The van der Waals surface area contributed by atoms with Crippen LogP contribution in [0.1, 0.15) is 30.8 Å². The molecule has 1 unspecified atom stereocenters. The second-order valence-electron chi connectivity index (χ2n) is 4.89. The number of carbonyl (C=O) groups excluding carboxylic acids is 1. The van der Waals surface area contributed by atoms with Crippen LogP contribution in [0.5, 0.6) is 5.75 Å². The average Bonchev–Trinajstić information content (AvgIpc) is 2.55. The molecule has 2 N–H and O–H groups in total. The van der Waals surface area contributed by atoms with Crippen molar-refractivity contribution in [3.63, 3.8) is 0 Å². The zero-order valence-electron chi connectivity index (χ0n) is 13.0. The number of benzene rings is 1. The highest BCUT2D eigenvalue weighted by molar-refractivity contribution is 6.03. The van der Waals surface area contributed by atoms with Gasteiger partial charge in [-0.2, -0.15) is 0 Å². The number of carbonyl (C=O) groups is 1. The fourth-order valence-corrected chi connectivity index (χ4v) is 1.81. The molecular weight excluding hydrogens is 280 g/mol. The van der Waals surface area contributed by atoms with Gasteiger partial charge < -0.3 is 15.4 Å². The van der Waals surface area contributed by atoms with Crippen molar-refractivity contribution in [1.29, 1.82) is 0 Å². The summed E-state index contributed by atoms with van der Waals surface area (Å²) in [6.45, 7) is 4.14. The van der Waals surface area contributed by atoms with E-state index in [1.165, 1.54) is 6.20 Å². The number of nitrogens with one attached hydrogen (secondary N) is 2. The molecule has 0 aliphatic rings. The van der Waals surface area contributed by atoms with Gasteiger partial charge in [-0.1, -0.05) is 19.1 Å². The molecule has 6 heteroatoms.